The molecule has 0 aliphatic rings. The van der Waals surface area contributed by atoms with Crippen LogP contribution in [0.2, 0.25) is 5.02 Å². The molecule has 2 N–H and O–H groups in total. The number of carbonyl (C=O) groups is 1. The van der Waals surface area contributed by atoms with Gasteiger partial charge in [0.05, 0.1) is 0 Å². The largest absolute Gasteiger partial charge is 0.338 e. The number of rotatable bonds is 3. The fourth-order valence-corrected chi connectivity index (χ4v) is 1.70. The van der Waals surface area contributed by atoms with E-state index in [0.717, 1.165) is 11.3 Å². The number of nitrogens with one attached hydrogen (secondary N) is 2. The van der Waals surface area contributed by atoms with Gasteiger partial charge in [-0.2, -0.15) is 0 Å². The van der Waals surface area contributed by atoms with Crippen molar-refractivity contribution in [2.45, 2.75) is 13.8 Å². The first kappa shape index (κ1) is 13.3. The Hall–Kier alpha value is -2.14. The molecule has 19 heavy (non-hydrogen) atoms. The SMILES string of the molecule is CC(=O)Nc1ccc(Nc2cccc(Cl)c2C)nn1. The van der Waals surface area contributed by atoms with Crippen molar-refractivity contribution in [2.24, 2.45) is 0 Å². The van der Waals surface area contributed by atoms with Crippen LogP contribution in [0.3, 0.4) is 0 Å². The van der Waals surface area contributed by atoms with Crippen molar-refractivity contribution in [3.05, 3.63) is 40.9 Å². The van der Waals surface area contributed by atoms with Crippen molar-refractivity contribution in [3.8, 4) is 0 Å². The van der Waals surface area contributed by atoms with Gasteiger partial charge in [-0.3, -0.25) is 4.79 Å². The Morgan fingerprint density at radius 1 is 1.16 bits per heavy atom. The molecule has 1 aromatic heterocycles. The molecule has 0 spiro atoms. The quantitative estimate of drug-likeness (QED) is 0.904. The molecular formula is C13H13ClN4O. The molecule has 0 radical (unpaired) electrons. The maximum absolute atomic E-state index is 10.9. The van der Waals surface area contributed by atoms with Crippen molar-refractivity contribution in [1.82, 2.24) is 10.2 Å². The number of aromatic nitrogens is 2. The maximum Gasteiger partial charge on any atom is 0.222 e. The molecular weight excluding hydrogens is 264 g/mol. The van der Waals surface area contributed by atoms with Gasteiger partial charge in [-0.1, -0.05) is 17.7 Å². The first-order chi connectivity index (χ1) is 9.06. The summed E-state index contributed by atoms with van der Waals surface area (Å²) in [5.74, 6) is 0.820. The molecule has 0 aliphatic heterocycles. The molecule has 5 nitrogen and oxygen atoms in total. The molecule has 6 heteroatoms. The Labute approximate surface area is 116 Å². The number of carbonyl (C=O) groups excluding carboxylic acids is 1. The number of hydrogen-bond acceptors (Lipinski definition) is 4. The Morgan fingerprint density at radius 2 is 1.84 bits per heavy atom. The lowest BCUT2D eigenvalue weighted by molar-refractivity contribution is -0.114. The summed E-state index contributed by atoms with van der Waals surface area (Å²) in [4.78, 5) is 10.9. The predicted octanol–water partition coefficient (Wildman–Crippen LogP) is 3.14. The second-order valence-electron chi connectivity index (χ2n) is 4.02. The van der Waals surface area contributed by atoms with E-state index in [1.807, 2.05) is 25.1 Å². The van der Waals surface area contributed by atoms with Crippen molar-refractivity contribution in [2.75, 3.05) is 10.6 Å². The third kappa shape index (κ3) is 3.42. The number of benzene rings is 1. The zero-order chi connectivity index (χ0) is 13.8. The number of anilines is 3. The lowest BCUT2D eigenvalue weighted by Crippen LogP contribution is -2.08. The third-order valence-corrected chi connectivity index (χ3v) is 2.91. The molecule has 0 unspecified atom stereocenters. The van der Waals surface area contributed by atoms with Gasteiger partial charge >= 0.3 is 0 Å². The molecule has 0 bridgehead atoms. The average molecular weight is 277 g/mol. The van der Waals surface area contributed by atoms with E-state index in [2.05, 4.69) is 20.8 Å². The number of halogens is 1. The van der Waals surface area contributed by atoms with Gasteiger partial charge in [-0.25, -0.2) is 0 Å². The van der Waals surface area contributed by atoms with Gasteiger partial charge in [0.1, 0.15) is 0 Å². The van der Waals surface area contributed by atoms with Crippen LogP contribution in [0.25, 0.3) is 0 Å². The highest BCUT2D eigenvalue weighted by Crippen LogP contribution is 2.25. The van der Waals surface area contributed by atoms with Crippen LogP contribution in [0.15, 0.2) is 30.3 Å². The fraction of sp³-hybridized carbons (Fsp3) is 0.154. The van der Waals surface area contributed by atoms with Crippen molar-refractivity contribution in [3.63, 3.8) is 0 Å². The molecule has 0 saturated carbocycles. The summed E-state index contributed by atoms with van der Waals surface area (Å²) in [6.45, 7) is 3.34. The third-order valence-electron chi connectivity index (χ3n) is 2.50. The Bertz CT molecular complexity index is 598. The Kier molecular flexibility index (Phi) is 3.97. The van der Waals surface area contributed by atoms with Crippen LogP contribution < -0.4 is 10.6 Å². The van der Waals surface area contributed by atoms with Crippen LogP contribution in [0.1, 0.15) is 12.5 Å². The van der Waals surface area contributed by atoms with Crippen molar-refractivity contribution in [1.29, 1.82) is 0 Å². The molecule has 2 aromatic rings. The highest BCUT2D eigenvalue weighted by atomic mass is 35.5. The summed E-state index contributed by atoms with van der Waals surface area (Å²) in [7, 11) is 0. The molecule has 0 aliphatic carbocycles. The van der Waals surface area contributed by atoms with Crippen LogP contribution in [0.5, 0.6) is 0 Å². The predicted molar refractivity (Wildman–Crippen MR) is 75.8 cm³/mol. The second-order valence-corrected chi connectivity index (χ2v) is 4.43. The monoisotopic (exact) mass is 276 g/mol. The molecule has 2 rings (SSSR count). The second kappa shape index (κ2) is 5.67. The molecule has 1 aromatic carbocycles. The maximum atomic E-state index is 10.9. The summed E-state index contributed by atoms with van der Waals surface area (Å²) < 4.78 is 0. The molecule has 0 fully saturated rings. The van der Waals surface area contributed by atoms with Gasteiger partial charge in [0.15, 0.2) is 11.6 Å². The minimum atomic E-state index is -0.180. The molecule has 0 saturated heterocycles. The van der Waals surface area contributed by atoms with E-state index in [9.17, 15) is 4.79 Å². The molecule has 98 valence electrons. The number of amides is 1. The van der Waals surface area contributed by atoms with Crippen LogP contribution >= 0.6 is 11.6 Å². The van der Waals surface area contributed by atoms with Gasteiger partial charge in [0.25, 0.3) is 0 Å². The van der Waals surface area contributed by atoms with Crippen molar-refractivity contribution < 1.29 is 4.79 Å². The Balaban J connectivity index is 2.15. The summed E-state index contributed by atoms with van der Waals surface area (Å²) in [5.41, 5.74) is 1.81. The van der Waals surface area contributed by atoms with E-state index in [4.69, 9.17) is 11.6 Å². The lowest BCUT2D eigenvalue weighted by atomic mass is 10.2. The smallest absolute Gasteiger partial charge is 0.222 e. The van der Waals surface area contributed by atoms with Crippen LogP contribution in [0, 0.1) is 6.92 Å². The topological polar surface area (TPSA) is 66.9 Å². The summed E-state index contributed by atoms with van der Waals surface area (Å²) in [6, 6.07) is 9.00. The van der Waals surface area contributed by atoms with Gasteiger partial charge in [0.2, 0.25) is 5.91 Å². The number of hydrogen-bond donors (Lipinski definition) is 2. The lowest BCUT2D eigenvalue weighted by Gasteiger charge is -2.09. The van der Waals surface area contributed by atoms with Crippen molar-refractivity contribution >= 4 is 34.8 Å². The van der Waals surface area contributed by atoms with Gasteiger partial charge in [0, 0.05) is 17.6 Å². The van der Waals surface area contributed by atoms with E-state index < -0.39 is 0 Å². The normalized spacial score (nSPS) is 10.1. The van der Waals surface area contributed by atoms with E-state index >= 15 is 0 Å². The standard InChI is InChI=1S/C13H13ClN4O/c1-8-10(14)4-3-5-11(8)16-13-7-6-12(17-18-13)15-9(2)19/h3-7H,1-2H3,(H,16,18)(H,15,17,19). The van der Waals surface area contributed by atoms with Gasteiger partial charge in [-0.15, -0.1) is 10.2 Å². The highest BCUT2D eigenvalue weighted by Gasteiger charge is 2.04. The molecule has 1 amide bonds. The first-order valence-corrected chi connectivity index (χ1v) is 6.07. The zero-order valence-corrected chi connectivity index (χ0v) is 11.3. The number of nitrogens with zero attached hydrogens (tertiary/aromatic N) is 2. The summed E-state index contributed by atoms with van der Waals surface area (Å²) in [6.07, 6.45) is 0. The van der Waals surface area contributed by atoms with Crippen LogP contribution in [-0.4, -0.2) is 16.1 Å². The van der Waals surface area contributed by atoms with E-state index in [1.54, 1.807) is 12.1 Å². The summed E-state index contributed by atoms with van der Waals surface area (Å²) >= 11 is 6.04. The summed E-state index contributed by atoms with van der Waals surface area (Å²) in [5, 5.41) is 14.2. The zero-order valence-electron chi connectivity index (χ0n) is 10.6. The van der Waals surface area contributed by atoms with Crippen LogP contribution in [-0.2, 0) is 4.79 Å². The highest BCUT2D eigenvalue weighted by molar-refractivity contribution is 6.31. The fourth-order valence-electron chi connectivity index (χ4n) is 1.53. The van der Waals surface area contributed by atoms with Crippen LogP contribution in [0.4, 0.5) is 17.3 Å². The molecule has 0 atom stereocenters. The molecule has 1 heterocycles. The minimum absolute atomic E-state index is 0.180. The van der Waals surface area contributed by atoms with Gasteiger partial charge < -0.3 is 10.6 Å². The van der Waals surface area contributed by atoms with E-state index in [1.165, 1.54) is 6.92 Å². The van der Waals surface area contributed by atoms with E-state index in [0.29, 0.717) is 16.7 Å². The first-order valence-electron chi connectivity index (χ1n) is 5.70. The van der Waals surface area contributed by atoms with E-state index in [-0.39, 0.29) is 5.91 Å². The minimum Gasteiger partial charge on any atom is -0.338 e. The Morgan fingerprint density at radius 3 is 2.47 bits per heavy atom. The van der Waals surface area contributed by atoms with Gasteiger partial charge in [-0.05, 0) is 36.8 Å². The average Bonchev–Trinajstić information content (AvgIpc) is 2.37.